The predicted molar refractivity (Wildman–Crippen MR) is 172 cm³/mol. The molecule has 3 atom stereocenters. The molecule has 0 unspecified atom stereocenters. The van der Waals surface area contributed by atoms with Gasteiger partial charge in [0.05, 0.1) is 64.9 Å². The van der Waals surface area contributed by atoms with Crippen molar-refractivity contribution in [1.82, 2.24) is 21.3 Å². The van der Waals surface area contributed by atoms with Crippen molar-refractivity contribution >= 4 is 40.9 Å². The minimum Gasteiger partial charge on any atom is -0.377 e. The second kappa shape index (κ2) is 21.4. The zero-order valence-electron chi connectivity index (χ0n) is 25.8. The molecule has 2 fully saturated rings. The summed E-state index contributed by atoms with van der Waals surface area (Å²) in [5, 5.41) is 15.6. The smallest absolute Gasteiger partial charge is 0.315 e. The number of carbonyl (C=O) groups excluding carboxylic acids is 3. The average Bonchev–Trinajstić information content (AvgIpc) is 3.58. The lowest BCUT2D eigenvalue weighted by molar-refractivity contribution is -0.121. The maximum Gasteiger partial charge on any atom is 0.315 e. The van der Waals surface area contributed by atoms with Crippen LogP contribution in [0, 0.1) is 0 Å². The van der Waals surface area contributed by atoms with Crippen molar-refractivity contribution in [2.24, 2.45) is 5.11 Å². The van der Waals surface area contributed by atoms with Crippen molar-refractivity contribution in [2.75, 3.05) is 71.7 Å². The number of hydrogen-bond acceptors (Lipinski definition) is 9. The van der Waals surface area contributed by atoms with Crippen LogP contribution in [-0.2, 0) is 28.5 Å². The second-order valence-electron chi connectivity index (χ2n) is 10.5. The number of azide groups is 1. The van der Waals surface area contributed by atoms with Crippen molar-refractivity contribution in [3.05, 3.63) is 46.3 Å². The first-order valence-electron chi connectivity index (χ1n) is 15.3. The molecule has 2 aliphatic heterocycles. The van der Waals surface area contributed by atoms with Gasteiger partial charge in [0, 0.05) is 47.2 Å². The number of rotatable bonds is 23. The van der Waals surface area contributed by atoms with Gasteiger partial charge in [-0.15, -0.1) is 0 Å². The highest BCUT2D eigenvalue weighted by Crippen LogP contribution is 2.33. The average molecular weight is 648 g/mol. The molecule has 14 nitrogen and oxygen atoms in total. The minimum absolute atomic E-state index is 0.0318. The zero-order chi connectivity index (χ0) is 32.1. The fourth-order valence-corrected chi connectivity index (χ4v) is 6.35. The molecule has 45 heavy (non-hydrogen) atoms. The van der Waals surface area contributed by atoms with Crippen LogP contribution in [-0.4, -0.2) is 107 Å². The number of nitrogens with zero attached hydrogens (tertiary/aromatic N) is 3. The number of nitrogens with one attached hydrogen (secondary N) is 4. The summed E-state index contributed by atoms with van der Waals surface area (Å²) in [5.74, 6) is 0.774. The van der Waals surface area contributed by atoms with Crippen LogP contribution >= 0.6 is 11.8 Å². The number of unbranched alkanes of at least 4 members (excludes halogenated alkanes) is 1. The highest BCUT2D eigenvalue weighted by atomic mass is 32.2. The van der Waals surface area contributed by atoms with Crippen LogP contribution in [0.1, 0.15) is 38.2 Å². The van der Waals surface area contributed by atoms with Gasteiger partial charge < -0.3 is 40.2 Å². The number of ether oxygens (including phenoxy) is 4. The van der Waals surface area contributed by atoms with Crippen LogP contribution in [0.15, 0.2) is 35.5 Å². The van der Waals surface area contributed by atoms with E-state index >= 15 is 0 Å². The van der Waals surface area contributed by atoms with E-state index < -0.39 is 0 Å². The van der Waals surface area contributed by atoms with Crippen LogP contribution in [0.3, 0.4) is 0 Å². The van der Waals surface area contributed by atoms with Crippen molar-refractivity contribution in [1.29, 1.82) is 0 Å². The van der Waals surface area contributed by atoms with Gasteiger partial charge in [-0.25, -0.2) is 4.79 Å². The molecule has 0 saturated carbocycles. The lowest BCUT2D eigenvalue weighted by Crippen LogP contribution is -2.36. The molecule has 2 saturated heterocycles. The fraction of sp³-hybridized carbons (Fsp3) is 0.633. The van der Waals surface area contributed by atoms with E-state index in [0.717, 1.165) is 36.2 Å². The molecule has 4 N–H and O–H groups in total. The summed E-state index contributed by atoms with van der Waals surface area (Å²) < 4.78 is 21.9. The number of benzene rings is 1. The van der Waals surface area contributed by atoms with Gasteiger partial charge in [0.2, 0.25) is 11.8 Å². The Hall–Kier alpha value is -3.33. The largest absolute Gasteiger partial charge is 0.377 e. The van der Waals surface area contributed by atoms with E-state index in [1.807, 2.05) is 18.7 Å². The molecular weight excluding hydrogens is 602 g/mol. The number of urea groups is 1. The Labute approximate surface area is 268 Å². The Morgan fingerprint density at radius 1 is 0.956 bits per heavy atom. The van der Waals surface area contributed by atoms with Gasteiger partial charge in [0.25, 0.3) is 0 Å². The van der Waals surface area contributed by atoms with E-state index in [4.69, 9.17) is 24.5 Å². The summed E-state index contributed by atoms with van der Waals surface area (Å²) in [4.78, 5) is 38.3. The summed E-state index contributed by atoms with van der Waals surface area (Å²) in [5.41, 5.74) is 10.6. The Morgan fingerprint density at radius 3 is 2.22 bits per heavy atom. The quantitative estimate of drug-likeness (QED) is 0.0349. The Bertz CT molecular complexity index is 1150. The minimum atomic E-state index is -0.211. The van der Waals surface area contributed by atoms with Crippen molar-refractivity contribution in [3.8, 4) is 0 Å². The molecule has 248 valence electrons. The molecule has 0 spiro atoms. The van der Waals surface area contributed by atoms with Gasteiger partial charge in [-0.2, -0.15) is 11.8 Å². The summed E-state index contributed by atoms with van der Waals surface area (Å²) in [6.45, 7) is 6.10. The van der Waals surface area contributed by atoms with E-state index in [2.05, 4.69) is 31.3 Å². The summed E-state index contributed by atoms with van der Waals surface area (Å²) in [6.07, 6.45) is 4.82. The fourth-order valence-electron chi connectivity index (χ4n) is 4.81. The van der Waals surface area contributed by atoms with Gasteiger partial charge >= 0.3 is 6.03 Å². The maximum absolute atomic E-state index is 12.1. The van der Waals surface area contributed by atoms with Gasteiger partial charge in [0.1, 0.15) is 0 Å². The topological polar surface area (TPSA) is 185 Å². The third-order valence-electron chi connectivity index (χ3n) is 7.14. The lowest BCUT2D eigenvalue weighted by Gasteiger charge is -2.16. The van der Waals surface area contributed by atoms with E-state index in [1.165, 1.54) is 6.08 Å². The van der Waals surface area contributed by atoms with Crippen molar-refractivity contribution in [3.63, 3.8) is 0 Å². The van der Waals surface area contributed by atoms with Crippen LogP contribution in [0.4, 0.5) is 10.5 Å². The van der Waals surface area contributed by atoms with Crippen molar-refractivity contribution in [2.45, 2.75) is 49.9 Å². The van der Waals surface area contributed by atoms with Crippen LogP contribution in [0.25, 0.3) is 16.0 Å². The van der Waals surface area contributed by atoms with Gasteiger partial charge in [-0.05, 0) is 36.4 Å². The van der Waals surface area contributed by atoms with Crippen molar-refractivity contribution < 1.29 is 33.3 Å². The first-order valence-corrected chi connectivity index (χ1v) is 16.4. The Kier molecular flexibility index (Phi) is 17.2. The molecule has 3 rings (SSSR count). The van der Waals surface area contributed by atoms with Crippen LogP contribution in [0.5, 0.6) is 0 Å². The molecule has 1 aromatic rings. The first-order chi connectivity index (χ1) is 22.0. The predicted octanol–water partition coefficient (Wildman–Crippen LogP) is 3.06. The molecule has 0 bridgehead atoms. The molecule has 4 amide bonds. The van der Waals surface area contributed by atoms with Gasteiger partial charge in [-0.1, -0.05) is 35.8 Å². The number of hydrogen-bond donors (Lipinski definition) is 4. The lowest BCUT2D eigenvalue weighted by atomic mass is 10.0. The van der Waals surface area contributed by atoms with Crippen LogP contribution in [0.2, 0.25) is 0 Å². The third kappa shape index (κ3) is 14.5. The summed E-state index contributed by atoms with van der Waals surface area (Å²) in [7, 11) is 0. The molecular formula is C30H45N7O7S. The highest BCUT2D eigenvalue weighted by molar-refractivity contribution is 8.00. The molecule has 15 heteroatoms. The van der Waals surface area contributed by atoms with E-state index in [9.17, 15) is 14.4 Å². The molecule has 2 heterocycles. The molecule has 0 aliphatic carbocycles. The number of carbonyl (C=O) groups is 3. The summed E-state index contributed by atoms with van der Waals surface area (Å²) in [6, 6.07) is 7.37. The standard InChI is InChI=1S/C30H45N7O7S/c1-22(23-6-8-24(9-7-23)36-37-31)20-28(39)33-11-13-42-15-17-44-19-18-43-16-14-41-12-10-32-27(38)5-3-2-4-26-29-25(21-45-26)34-30(40)35-29/h6-9,20,25-26,29H,2-5,10-19,21H2,1H3,(H,32,38)(H,33,39)(H2,34,35,40)/b22-20+/t25-,26-,29-/m0/s1. The molecule has 2 aliphatic rings. The number of amides is 4. The zero-order valence-corrected chi connectivity index (χ0v) is 26.6. The van der Waals surface area contributed by atoms with Crippen LogP contribution < -0.4 is 21.3 Å². The number of thioether (sulfide) groups is 1. The van der Waals surface area contributed by atoms with E-state index in [0.29, 0.717) is 83.3 Å². The Morgan fingerprint density at radius 2 is 1.58 bits per heavy atom. The third-order valence-corrected chi connectivity index (χ3v) is 8.65. The number of allylic oxidation sites excluding steroid dienone is 1. The Balaban J connectivity index is 1.03. The summed E-state index contributed by atoms with van der Waals surface area (Å²) >= 11 is 1.89. The van der Waals surface area contributed by atoms with Gasteiger partial charge in [0.15, 0.2) is 0 Å². The molecule has 0 radical (unpaired) electrons. The normalized spacial score (nSPS) is 18.9. The molecule has 1 aromatic carbocycles. The van der Waals surface area contributed by atoms with E-state index in [1.54, 1.807) is 24.3 Å². The monoisotopic (exact) mass is 647 g/mol. The number of fused-ring (bicyclic) bond motifs is 1. The highest BCUT2D eigenvalue weighted by Gasteiger charge is 2.42. The van der Waals surface area contributed by atoms with E-state index in [-0.39, 0.29) is 29.9 Å². The maximum atomic E-state index is 12.1. The van der Waals surface area contributed by atoms with Gasteiger partial charge in [-0.3, -0.25) is 9.59 Å². The first kappa shape index (κ1) is 36.1. The second-order valence-corrected chi connectivity index (χ2v) is 11.8. The molecule has 0 aromatic heterocycles. The SMILES string of the molecule is C/C(=C\C(=O)NCCOCCOCCOCCOCCNC(=O)CCCC[C@@H]1SC[C@@H]2NC(=O)N[C@@H]21)c1ccc(N=[N+]=[N-])cc1.